The second kappa shape index (κ2) is 11.0. The Hall–Kier alpha value is -1.35. The molecule has 0 saturated heterocycles. The molecule has 1 aromatic carbocycles. The number of aliphatic imine (C=N–C) groups is 1. The Morgan fingerprint density at radius 2 is 2.04 bits per heavy atom. The number of carbonyl (C=O) groups is 1. The van der Waals surface area contributed by atoms with Crippen molar-refractivity contribution in [3.8, 4) is 0 Å². The number of methoxy groups -OCH3 is 1. The van der Waals surface area contributed by atoms with Crippen LogP contribution < -0.4 is 16.0 Å². The van der Waals surface area contributed by atoms with Crippen LogP contribution in [-0.2, 0) is 9.53 Å². The van der Waals surface area contributed by atoms with E-state index < -0.39 is 0 Å². The summed E-state index contributed by atoms with van der Waals surface area (Å²) in [5.41, 5.74) is 2.42. The number of hydrogen-bond donors (Lipinski definition) is 3. The molecule has 1 aliphatic heterocycles. The van der Waals surface area contributed by atoms with Crippen LogP contribution in [0.5, 0.6) is 0 Å². The van der Waals surface area contributed by atoms with Crippen molar-refractivity contribution in [1.82, 2.24) is 10.6 Å². The van der Waals surface area contributed by atoms with E-state index in [4.69, 9.17) is 4.74 Å². The third-order valence-corrected chi connectivity index (χ3v) is 5.98. The number of hydrogen-bond acceptors (Lipinski definition) is 3. The van der Waals surface area contributed by atoms with E-state index in [1.54, 1.807) is 14.2 Å². The first-order valence-electron chi connectivity index (χ1n) is 9.98. The summed E-state index contributed by atoms with van der Waals surface area (Å²) in [7, 11) is 3.57. The molecule has 1 heterocycles. The second-order valence-electron chi connectivity index (χ2n) is 7.79. The van der Waals surface area contributed by atoms with Gasteiger partial charge >= 0.3 is 0 Å². The van der Waals surface area contributed by atoms with Crippen molar-refractivity contribution < 1.29 is 9.53 Å². The lowest BCUT2D eigenvalue weighted by atomic mass is 9.83. The van der Waals surface area contributed by atoms with Gasteiger partial charge in [-0.3, -0.25) is 9.79 Å². The number of nitrogens with zero attached hydrogens (tertiary/aromatic N) is 1. The molecule has 1 amide bonds. The zero-order chi connectivity index (χ0) is 19.1. The molecule has 7 heteroatoms. The number of para-hydroxylation sites is 1. The van der Waals surface area contributed by atoms with Gasteiger partial charge in [0.1, 0.15) is 0 Å². The minimum atomic E-state index is 0. The molecule has 0 spiro atoms. The van der Waals surface area contributed by atoms with E-state index >= 15 is 0 Å². The largest absolute Gasteiger partial charge is 0.385 e. The first-order chi connectivity index (χ1) is 13.2. The zero-order valence-corrected chi connectivity index (χ0v) is 19.3. The Labute approximate surface area is 185 Å². The molecule has 0 bridgehead atoms. The summed E-state index contributed by atoms with van der Waals surface area (Å²) in [6.45, 7) is 2.41. The van der Waals surface area contributed by atoms with E-state index in [1.165, 1.54) is 31.2 Å². The normalized spacial score (nSPS) is 20.7. The van der Waals surface area contributed by atoms with Gasteiger partial charge in [0.2, 0.25) is 5.91 Å². The molecule has 1 aromatic rings. The van der Waals surface area contributed by atoms with Crippen molar-refractivity contribution in [1.29, 1.82) is 0 Å². The summed E-state index contributed by atoms with van der Waals surface area (Å²) in [4.78, 5) is 16.4. The predicted molar refractivity (Wildman–Crippen MR) is 125 cm³/mol. The van der Waals surface area contributed by atoms with Gasteiger partial charge in [0, 0.05) is 51.9 Å². The molecule has 1 saturated carbocycles. The van der Waals surface area contributed by atoms with Gasteiger partial charge in [-0.1, -0.05) is 31.0 Å². The molecule has 0 radical (unpaired) electrons. The number of halogens is 1. The molecule has 1 atom stereocenters. The highest BCUT2D eigenvalue weighted by molar-refractivity contribution is 14.0. The van der Waals surface area contributed by atoms with Crippen molar-refractivity contribution >= 4 is 41.5 Å². The lowest BCUT2D eigenvalue weighted by molar-refractivity contribution is -0.116. The molecule has 2 aliphatic rings. The van der Waals surface area contributed by atoms with Crippen LogP contribution in [0.1, 0.15) is 50.0 Å². The van der Waals surface area contributed by atoms with Crippen LogP contribution in [-0.4, -0.2) is 45.7 Å². The number of rotatable bonds is 7. The maximum Gasteiger partial charge on any atom is 0.225 e. The van der Waals surface area contributed by atoms with E-state index in [-0.39, 0.29) is 35.8 Å². The number of ether oxygens (including phenoxy) is 1. The fourth-order valence-corrected chi connectivity index (χ4v) is 4.35. The second-order valence-corrected chi connectivity index (χ2v) is 7.79. The number of guanidine groups is 1. The van der Waals surface area contributed by atoms with Gasteiger partial charge in [-0.05, 0) is 36.3 Å². The molecule has 1 fully saturated rings. The van der Waals surface area contributed by atoms with Gasteiger partial charge < -0.3 is 20.7 Å². The number of anilines is 1. The summed E-state index contributed by atoms with van der Waals surface area (Å²) in [6.07, 6.45) is 6.67. The van der Waals surface area contributed by atoms with E-state index in [2.05, 4.69) is 27.0 Å². The van der Waals surface area contributed by atoms with Gasteiger partial charge in [-0.2, -0.15) is 0 Å². The van der Waals surface area contributed by atoms with Gasteiger partial charge in [-0.15, -0.1) is 24.0 Å². The molecule has 0 aromatic heterocycles. The first-order valence-corrected chi connectivity index (χ1v) is 9.98. The Morgan fingerprint density at radius 3 is 2.75 bits per heavy atom. The standard InChI is InChI=1S/C21H32N4O2.HI/c1-22-20(24-15-21(11-12-27-2)9-5-6-10-21)23-14-16-13-19(26)25-18-8-4-3-7-17(16)18;/h3-4,7-8,16H,5-6,9-15H2,1-2H3,(H,25,26)(H2,22,23,24);1H. The lowest BCUT2D eigenvalue weighted by Crippen LogP contribution is -2.45. The van der Waals surface area contributed by atoms with Crippen molar-refractivity contribution in [3.05, 3.63) is 29.8 Å². The number of amides is 1. The molecule has 28 heavy (non-hydrogen) atoms. The zero-order valence-electron chi connectivity index (χ0n) is 16.9. The van der Waals surface area contributed by atoms with Crippen LogP contribution >= 0.6 is 24.0 Å². The summed E-state index contributed by atoms with van der Waals surface area (Å²) in [5.74, 6) is 1.04. The summed E-state index contributed by atoms with van der Waals surface area (Å²) in [6, 6.07) is 8.04. The molecule has 3 rings (SSSR count). The smallest absolute Gasteiger partial charge is 0.225 e. The number of fused-ring (bicyclic) bond motifs is 1. The molecule has 156 valence electrons. The molecule has 1 aliphatic carbocycles. The summed E-state index contributed by atoms with van der Waals surface area (Å²) < 4.78 is 5.32. The Kier molecular flexibility index (Phi) is 9.01. The average molecular weight is 500 g/mol. The van der Waals surface area contributed by atoms with Crippen LogP contribution in [0.25, 0.3) is 0 Å². The molecular formula is C21H33IN4O2. The third-order valence-electron chi connectivity index (χ3n) is 5.98. The van der Waals surface area contributed by atoms with E-state index in [0.29, 0.717) is 18.4 Å². The number of carbonyl (C=O) groups excluding carboxylic acids is 1. The van der Waals surface area contributed by atoms with Crippen molar-refractivity contribution in [3.63, 3.8) is 0 Å². The summed E-state index contributed by atoms with van der Waals surface area (Å²) >= 11 is 0. The van der Waals surface area contributed by atoms with E-state index in [0.717, 1.165) is 31.2 Å². The first kappa shape index (κ1) is 22.9. The van der Waals surface area contributed by atoms with Crippen LogP contribution in [0.4, 0.5) is 5.69 Å². The highest BCUT2D eigenvalue weighted by Gasteiger charge is 2.33. The maximum absolute atomic E-state index is 12.0. The van der Waals surface area contributed by atoms with E-state index in [1.807, 2.05) is 18.2 Å². The van der Waals surface area contributed by atoms with Crippen molar-refractivity contribution in [2.45, 2.75) is 44.4 Å². The highest BCUT2D eigenvalue weighted by atomic mass is 127. The molecule has 1 unspecified atom stereocenters. The Bertz CT molecular complexity index is 674. The number of benzene rings is 1. The predicted octanol–water partition coefficient (Wildman–Crippen LogP) is 3.49. The van der Waals surface area contributed by atoms with Gasteiger partial charge in [0.25, 0.3) is 0 Å². The maximum atomic E-state index is 12.0. The van der Waals surface area contributed by atoms with Gasteiger partial charge in [-0.25, -0.2) is 0 Å². The molecular weight excluding hydrogens is 467 g/mol. The molecule has 3 N–H and O–H groups in total. The van der Waals surface area contributed by atoms with E-state index in [9.17, 15) is 4.79 Å². The SMILES string of the molecule is CN=C(NCC1CC(=O)Nc2ccccc21)NCC1(CCOC)CCCC1.I. The topological polar surface area (TPSA) is 74.8 Å². The van der Waals surface area contributed by atoms with Gasteiger partial charge in [0.05, 0.1) is 0 Å². The Morgan fingerprint density at radius 1 is 1.29 bits per heavy atom. The summed E-state index contributed by atoms with van der Waals surface area (Å²) in [5, 5.41) is 9.90. The van der Waals surface area contributed by atoms with Crippen LogP contribution in [0.15, 0.2) is 29.3 Å². The highest BCUT2D eigenvalue weighted by Crippen LogP contribution is 2.40. The monoisotopic (exact) mass is 500 g/mol. The van der Waals surface area contributed by atoms with Crippen molar-refractivity contribution in [2.75, 3.05) is 39.2 Å². The average Bonchev–Trinajstić information content (AvgIpc) is 3.15. The minimum Gasteiger partial charge on any atom is -0.385 e. The number of nitrogens with one attached hydrogen (secondary N) is 3. The fraction of sp³-hybridized carbons (Fsp3) is 0.619. The van der Waals surface area contributed by atoms with Crippen LogP contribution in [0.3, 0.4) is 0 Å². The van der Waals surface area contributed by atoms with Crippen LogP contribution in [0, 0.1) is 5.41 Å². The molecule has 6 nitrogen and oxygen atoms in total. The van der Waals surface area contributed by atoms with Crippen LogP contribution in [0.2, 0.25) is 0 Å². The minimum absolute atomic E-state index is 0. The quantitative estimate of drug-likeness (QED) is 0.305. The van der Waals surface area contributed by atoms with Crippen molar-refractivity contribution in [2.24, 2.45) is 10.4 Å². The Balaban J connectivity index is 0.00000280. The fourth-order valence-electron chi connectivity index (χ4n) is 4.35. The van der Waals surface area contributed by atoms with Gasteiger partial charge in [0.15, 0.2) is 5.96 Å². The lowest BCUT2D eigenvalue weighted by Gasteiger charge is -2.30. The third kappa shape index (κ3) is 5.83.